The average molecular weight is 463 g/mol. The number of piperidine rings is 1. The number of amides is 1. The molecule has 5 rings (SSSR count). The van der Waals surface area contributed by atoms with Crippen LogP contribution in [0.2, 0.25) is 0 Å². The van der Waals surface area contributed by atoms with Gasteiger partial charge in [-0.15, -0.1) is 0 Å². The predicted molar refractivity (Wildman–Crippen MR) is 109 cm³/mol. The fraction of sp³-hybridized carbons (Fsp3) is 0.429. The number of halogens is 4. The van der Waals surface area contributed by atoms with Gasteiger partial charge in [-0.1, -0.05) is 0 Å². The Morgan fingerprint density at radius 3 is 2.73 bits per heavy atom. The van der Waals surface area contributed by atoms with Crippen molar-refractivity contribution in [3.05, 3.63) is 53.8 Å². The molecule has 3 aromatic rings. The summed E-state index contributed by atoms with van der Waals surface area (Å²) in [5.74, 6) is -0.754. The van der Waals surface area contributed by atoms with Gasteiger partial charge in [0.15, 0.2) is 17.3 Å². The Kier molecular flexibility index (Phi) is 5.19. The van der Waals surface area contributed by atoms with Crippen molar-refractivity contribution in [1.82, 2.24) is 29.6 Å². The van der Waals surface area contributed by atoms with Crippen molar-refractivity contribution in [3.63, 3.8) is 0 Å². The molecule has 1 aliphatic heterocycles. The predicted octanol–water partition coefficient (Wildman–Crippen LogP) is 3.38. The van der Waals surface area contributed by atoms with E-state index in [2.05, 4.69) is 25.7 Å². The average Bonchev–Trinajstić information content (AvgIpc) is 3.52. The van der Waals surface area contributed by atoms with Crippen LogP contribution in [-0.2, 0) is 17.5 Å². The summed E-state index contributed by atoms with van der Waals surface area (Å²) in [4.78, 5) is 20.8. The maximum absolute atomic E-state index is 14.7. The van der Waals surface area contributed by atoms with E-state index in [4.69, 9.17) is 0 Å². The van der Waals surface area contributed by atoms with Crippen molar-refractivity contribution in [2.75, 3.05) is 5.32 Å². The molecule has 12 heteroatoms. The highest BCUT2D eigenvalue weighted by molar-refractivity contribution is 5.90. The van der Waals surface area contributed by atoms with Gasteiger partial charge < -0.3 is 10.6 Å². The number of alkyl halides is 3. The number of imidazole rings is 1. The molecule has 8 nitrogen and oxygen atoms in total. The van der Waals surface area contributed by atoms with Gasteiger partial charge >= 0.3 is 6.18 Å². The molecule has 0 spiro atoms. The molecule has 1 saturated carbocycles. The number of anilines is 1. The summed E-state index contributed by atoms with van der Waals surface area (Å²) >= 11 is 0. The Labute approximate surface area is 186 Å². The van der Waals surface area contributed by atoms with Gasteiger partial charge in [-0.2, -0.15) is 18.3 Å². The topological polar surface area (TPSA) is 89.7 Å². The first kappa shape index (κ1) is 21.6. The second-order valence-corrected chi connectivity index (χ2v) is 8.52. The summed E-state index contributed by atoms with van der Waals surface area (Å²) in [6, 6.07) is 2.64. The molecule has 1 amide bonds. The van der Waals surface area contributed by atoms with Crippen LogP contribution in [0.5, 0.6) is 0 Å². The number of carbonyl (C=O) groups excluding carboxylic acids is 1. The molecule has 2 N–H and O–H groups in total. The maximum atomic E-state index is 14.7. The third-order valence-electron chi connectivity index (χ3n) is 6.20. The molecular weight excluding hydrogens is 442 g/mol. The van der Waals surface area contributed by atoms with Gasteiger partial charge in [-0.3, -0.25) is 14.0 Å². The van der Waals surface area contributed by atoms with Crippen LogP contribution in [0.25, 0.3) is 5.82 Å². The van der Waals surface area contributed by atoms with Crippen molar-refractivity contribution >= 4 is 11.6 Å². The number of carbonyl (C=O) groups is 1. The van der Waals surface area contributed by atoms with Gasteiger partial charge in [0.25, 0.3) is 0 Å². The summed E-state index contributed by atoms with van der Waals surface area (Å²) in [6.45, 7) is 0.962. The number of pyridine rings is 1. The van der Waals surface area contributed by atoms with Crippen LogP contribution in [0, 0.1) is 18.7 Å². The van der Waals surface area contributed by atoms with Crippen molar-refractivity contribution in [2.45, 2.75) is 51.0 Å². The molecule has 0 aromatic carbocycles. The van der Waals surface area contributed by atoms with Crippen molar-refractivity contribution < 1.29 is 22.4 Å². The number of nitrogens with zero attached hydrogens (tertiary/aromatic N) is 5. The molecule has 2 fully saturated rings. The molecule has 3 atom stereocenters. The van der Waals surface area contributed by atoms with Gasteiger partial charge in [0.2, 0.25) is 5.91 Å². The fourth-order valence-electron chi connectivity index (χ4n) is 4.64. The van der Waals surface area contributed by atoms with Crippen molar-refractivity contribution in [1.29, 1.82) is 0 Å². The Bertz CT molecular complexity index is 1200. The standard InChI is InChI=1S/C21H21F4N7O/c1-11-4-17(21(23,24)25)30-32(11)9-18(33)28-14-6-15(22)20(26-7-14)31-8-16(27-10-31)19-12-2-3-13(5-12)29-19/h4,6-8,10,12-13,19,29H,2-3,5,9H2,1H3,(H,28,33)/t12-,13+,19-/m0/s1. The number of hydrogen-bond donors (Lipinski definition) is 2. The first-order valence-corrected chi connectivity index (χ1v) is 10.5. The number of nitrogens with one attached hydrogen (secondary N) is 2. The second kappa shape index (κ2) is 7.94. The molecule has 2 bridgehead atoms. The van der Waals surface area contributed by atoms with E-state index < -0.39 is 30.1 Å². The summed E-state index contributed by atoms with van der Waals surface area (Å²) in [6.07, 6.45) is 3.40. The van der Waals surface area contributed by atoms with Crippen molar-refractivity contribution in [2.24, 2.45) is 5.92 Å². The summed E-state index contributed by atoms with van der Waals surface area (Å²) in [5, 5.41) is 9.39. The molecule has 0 radical (unpaired) electrons. The minimum Gasteiger partial charge on any atom is -0.323 e. The van der Waals surface area contributed by atoms with Crippen LogP contribution in [0.4, 0.5) is 23.2 Å². The minimum absolute atomic E-state index is 0.0349. The summed E-state index contributed by atoms with van der Waals surface area (Å²) in [5.41, 5.74) is 0.0222. The first-order chi connectivity index (χ1) is 15.7. The molecule has 2 aliphatic rings. The highest BCUT2D eigenvalue weighted by Gasteiger charge is 2.40. The summed E-state index contributed by atoms with van der Waals surface area (Å²) < 4.78 is 55.5. The Hall–Kier alpha value is -3.28. The van der Waals surface area contributed by atoms with E-state index in [0.29, 0.717) is 12.0 Å². The van der Waals surface area contributed by atoms with Crippen LogP contribution in [0.1, 0.15) is 42.4 Å². The third kappa shape index (κ3) is 4.22. The van der Waals surface area contributed by atoms with E-state index >= 15 is 0 Å². The quantitative estimate of drug-likeness (QED) is 0.567. The van der Waals surface area contributed by atoms with Crippen LogP contribution >= 0.6 is 0 Å². The molecular formula is C21H21F4N7O. The lowest BCUT2D eigenvalue weighted by Crippen LogP contribution is -2.28. The summed E-state index contributed by atoms with van der Waals surface area (Å²) in [7, 11) is 0. The van der Waals surface area contributed by atoms with Gasteiger partial charge in [0, 0.05) is 24.0 Å². The number of fused-ring (bicyclic) bond motifs is 2. The highest BCUT2D eigenvalue weighted by Crippen LogP contribution is 2.42. The largest absolute Gasteiger partial charge is 0.435 e. The van der Waals surface area contributed by atoms with E-state index in [0.717, 1.165) is 35.4 Å². The van der Waals surface area contributed by atoms with Crippen molar-refractivity contribution in [3.8, 4) is 5.82 Å². The number of aromatic nitrogens is 5. The Balaban J connectivity index is 1.26. The normalized spacial score (nSPS) is 22.2. The van der Waals surface area contributed by atoms with E-state index in [1.165, 1.54) is 30.4 Å². The van der Waals surface area contributed by atoms with Crippen LogP contribution in [0.3, 0.4) is 0 Å². The van der Waals surface area contributed by atoms with Crippen LogP contribution in [0.15, 0.2) is 30.9 Å². The second-order valence-electron chi connectivity index (χ2n) is 8.52. The van der Waals surface area contributed by atoms with Gasteiger partial charge in [0.05, 0.1) is 23.6 Å². The molecule has 33 heavy (non-hydrogen) atoms. The molecule has 4 heterocycles. The van der Waals surface area contributed by atoms with Gasteiger partial charge in [-0.25, -0.2) is 14.4 Å². The highest BCUT2D eigenvalue weighted by atomic mass is 19.4. The Morgan fingerprint density at radius 2 is 2.09 bits per heavy atom. The fourth-order valence-corrected chi connectivity index (χ4v) is 4.64. The number of rotatable bonds is 5. The monoisotopic (exact) mass is 463 g/mol. The zero-order valence-corrected chi connectivity index (χ0v) is 17.6. The lowest BCUT2D eigenvalue weighted by molar-refractivity contribution is -0.141. The number of hydrogen-bond acceptors (Lipinski definition) is 5. The first-order valence-electron chi connectivity index (χ1n) is 10.5. The van der Waals surface area contributed by atoms with E-state index in [9.17, 15) is 22.4 Å². The molecule has 1 saturated heterocycles. The third-order valence-corrected chi connectivity index (χ3v) is 6.20. The zero-order valence-electron chi connectivity index (χ0n) is 17.6. The Morgan fingerprint density at radius 1 is 1.27 bits per heavy atom. The van der Waals surface area contributed by atoms with Crippen LogP contribution < -0.4 is 10.6 Å². The smallest absolute Gasteiger partial charge is 0.323 e. The lowest BCUT2D eigenvalue weighted by Gasteiger charge is -2.21. The minimum atomic E-state index is -4.60. The molecule has 1 aliphatic carbocycles. The van der Waals surface area contributed by atoms with Gasteiger partial charge in [-0.05, 0) is 38.2 Å². The van der Waals surface area contributed by atoms with E-state index in [-0.39, 0.29) is 23.2 Å². The molecule has 174 valence electrons. The SMILES string of the molecule is Cc1cc(C(F)(F)F)nn1CC(=O)Nc1cnc(-n2cnc([C@H]3N[C@@H]4CC[C@H]3C4)c2)c(F)c1. The molecule has 3 aromatic heterocycles. The van der Waals surface area contributed by atoms with Crippen LogP contribution in [-0.4, -0.2) is 36.3 Å². The van der Waals surface area contributed by atoms with E-state index in [1.807, 2.05) is 0 Å². The number of aryl methyl sites for hydroxylation is 1. The lowest BCUT2D eigenvalue weighted by atomic mass is 9.98. The van der Waals surface area contributed by atoms with E-state index in [1.54, 1.807) is 6.20 Å². The maximum Gasteiger partial charge on any atom is 0.435 e. The molecule has 0 unspecified atom stereocenters. The zero-order chi connectivity index (χ0) is 23.3. The van der Waals surface area contributed by atoms with Gasteiger partial charge in [0.1, 0.15) is 12.9 Å².